The molecular formula is C14H27N5. The van der Waals surface area contributed by atoms with E-state index in [1.165, 1.54) is 24.8 Å². The van der Waals surface area contributed by atoms with Crippen LogP contribution in [0.25, 0.3) is 0 Å². The minimum absolute atomic E-state index is 0.00320. The van der Waals surface area contributed by atoms with Crippen molar-refractivity contribution in [1.82, 2.24) is 20.1 Å². The van der Waals surface area contributed by atoms with Crippen LogP contribution in [0.3, 0.4) is 0 Å². The number of rotatable bonds is 5. The standard InChI is InChI=1S/C14H27N5/c1-4-19-11-12(10-16-19)13(17-15)14(2,3)18-8-6-5-7-9-18/h10-11,13,17H,4-9,15H2,1-3H3. The fourth-order valence-electron chi connectivity index (χ4n) is 3.06. The van der Waals surface area contributed by atoms with Crippen LogP contribution in [-0.4, -0.2) is 33.3 Å². The molecule has 1 fully saturated rings. The van der Waals surface area contributed by atoms with Gasteiger partial charge in [0.05, 0.1) is 12.2 Å². The molecule has 0 bridgehead atoms. The summed E-state index contributed by atoms with van der Waals surface area (Å²) in [7, 11) is 0. The van der Waals surface area contributed by atoms with E-state index in [-0.39, 0.29) is 11.6 Å². The van der Waals surface area contributed by atoms with Crippen molar-refractivity contribution < 1.29 is 0 Å². The fourth-order valence-corrected chi connectivity index (χ4v) is 3.06. The van der Waals surface area contributed by atoms with E-state index in [2.05, 4.69) is 42.4 Å². The summed E-state index contributed by atoms with van der Waals surface area (Å²) in [6.45, 7) is 9.84. The Morgan fingerprint density at radius 2 is 2.05 bits per heavy atom. The van der Waals surface area contributed by atoms with Crippen LogP contribution in [0.4, 0.5) is 0 Å². The van der Waals surface area contributed by atoms with Crippen molar-refractivity contribution in [3.8, 4) is 0 Å². The fraction of sp³-hybridized carbons (Fsp3) is 0.786. The van der Waals surface area contributed by atoms with Crippen LogP contribution in [0.15, 0.2) is 12.4 Å². The SMILES string of the molecule is CCn1cc(C(NN)C(C)(C)N2CCCCC2)cn1. The normalized spacial score (nSPS) is 19.6. The number of hydrogen-bond acceptors (Lipinski definition) is 4. The average Bonchev–Trinajstić information content (AvgIpc) is 2.89. The second kappa shape index (κ2) is 6.03. The molecule has 1 atom stereocenters. The zero-order chi connectivity index (χ0) is 13.9. The molecule has 2 heterocycles. The summed E-state index contributed by atoms with van der Waals surface area (Å²) in [5.41, 5.74) is 4.16. The quantitative estimate of drug-likeness (QED) is 0.628. The molecule has 1 aliphatic heterocycles. The Bertz CT molecular complexity index is 392. The summed E-state index contributed by atoms with van der Waals surface area (Å²) in [6.07, 6.45) is 7.95. The van der Waals surface area contributed by atoms with Crippen molar-refractivity contribution in [3.63, 3.8) is 0 Å². The van der Waals surface area contributed by atoms with Crippen LogP contribution < -0.4 is 11.3 Å². The lowest BCUT2D eigenvalue weighted by molar-refractivity contribution is 0.0607. The van der Waals surface area contributed by atoms with Crippen LogP contribution in [0.5, 0.6) is 0 Å². The largest absolute Gasteiger partial charge is 0.296 e. The van der Waals surface area contributed by atoms with Crippen LogP contribution in [-0.2, 0) is 6.54 Å². The number of hydrogen-bond donors (Lipinski definition) is 2. The van der Waals surface area contributed by atoms with E-state index in [1.807, 2.05) is 10.9 Å². The van der Waals surface area contributed by atoms with Crippen molar-refractivity contribution in [2.45, 2.75) is 58.2 Å². The number of hydrazine groups is 1. The lowest BCUT2D eigenvalue weighted by Crippen LogP contribution is -2.55. The van der Waals surface area contributed by atoms with Gasteiger partial charge < -0.3 is 0 Å². The van der Waals surface area contributed by atoms with Gasteiger partial charge in [-0.3, -0.25) is 20.9 Å². The molecule has 0 amide bonds. The molecule has 1 saturated heterocycles. The van der Waals surface area contributed by atoms with Crippen molar-refractivity contribution in [2.75, 3.05) is 13.1 Å². The Hall–Kier alpha value is -0.910. The minimum atomic E-state index is -0.00320. The van der Waals surface area contributed by atoms with Gasteiger partial charge in [-0.15, -0.1) is 0 Å². The van der Waals surface area contributed by atoms with Gasteiger partial charge in [0.1, 0.15) is 0 Å². The van der Waals surface area contributed by atoms with Crippen molar-refractivity contribution in [2.24, 2.45) is 5.84 Å². The number of aryl methyl sites for hydroxylation is 1. The third kappa shape index (κ3) is 2.99. The third-order valence-electron chi connectivity index (χ3n) is 4.35. The van der Waals surface area contributed by atoms with Crippen molar-refractivity contribution in [1.29, 1.82) is 0 Å². The Kier molecular flexibility index (Phi) is 4.60. The summed E-state index contributed by atoms with van der Waals surface area (Å²) >= 11 is 0. The molecular weight excluding hydrogens is 238 g/mol. The Labute approximate surface area is 116 Å². The summed E-state index contributed by atoms with van der Waals surface area (Å²) in [4.78, 5) is 2.55. The second-order valence-corrected chi connectivity index (χ2v) is 5.93. The van der Waals surface area contributed by atoms with Gasteiger partial charge in [0.15, 0.2) is 0 Å². The van der Waals surface area contributed by atoms with Gasteiger partial charge in [-0.05, 0) is 46.7 Å². The molecule has 0 spiro atoms. The predicted octanol–water partition coefficient (Wildman–Crippen LogP) is 1.67. The summed E-state index contributed by atoms with van der Waals surface area (Å²) < 4.78 is 1.95. The van der Waals surface area contributed by atoms with E-state index in [9.17, 15) is 0 Å². The number of likely N-dealkylation sites (tertiary alicyclic amines) is 1. The lowest BCUT2D eigenvalue weighted by atomic mass is 9.87. The van der Waals surface area contributed by atoms with E-state index in [1.54, 1.807) is 0 Å². The van der Waals surface area contributed by atoms with Crippen molar-refractivity contribution in [3.05, 3.63) is 18.0 Å². The molecule has 19 heavy (non-hydrogen) atoms. The molecule has 3 N–H and O–H groups in total. The van der Waals surface area contributed by atoms with E-state index in [0.717, 1.165) is 19.6 Å². The van der Waals surface area contributed by atoms with E-state index in [4.69, 9.17) is 5.84 Å². The smallest absolute Gasteiger partial charge is 0.0669 e. The zero-order valence-corrected chi connectivity index (χ0v) is 12.4. The van der Waals surface area contributed by atoms with Crippen molar-refractivity contribution >= 4 is 0 Å². The van der Waals surface area contributed by atoms with Gasteiger partial charge in [-0.1, -0.05) is 6.42 Å². The van der Waals surface area contributed by atoms with Gasteiger partial charge in [-0.2, -0.15) is 5.10 Å². The molecule has 5 nitrogen and oxygen atoms in total. The molecule has 1 aromatic rings. The van der Waals surface area contributed by atoms with Crippen LogP contribution in [0.1, 0.15) is 51.6 Å². The number of nitrogens with one attached hydrogen (secondary N) is 1. The average molecular weight is 265 g/mol. The number of nitrogens with two attached hydrogens (primary N) is 1. The third-order valence-corrected chi connectivity index (χ3v) is 4.35. The summed E-state index contributed by atoms with van der Waals surface area (Å²) in [5, 5.41) is 4.36. The monoisotopic (exact) mass is 265 g/mol. The second-order valence-electron chi connectivity index (χ2n) is 5.93. The maximum Gasteiger partial charge on any atom is 0.0669 e. The molecule has 1 aromatic heterocycles. The summed E-state index contributed by atoms with van der Waals surface area (Å²) in [5.74, 6) is 5.83. The highest BCUT2D eigenvalue weighted by atomic mass is 15.3. The first-order valence-corrected chi connectivity index (χ1v) is 7.33. The highest BCUT2D eigenvalue weighted by molar-refractivity contribution is 5.16. The zero-order valence-electron chi connectivity index (χ0n) is 12.4. The van der Waals surface area contributed by atoms with Gasteiger partial charge in [-0.25, -0.2) is 0 Å². The highest BCUT2D eigenvalue weighted by Crippen LogP contribution is 2.32. The summed E-state index contributed by atoms with van der Waals surface area (Å²) in [6, 6.07) is 0.103. The van der Waals surface area contributed by atoms with Gasteiger partial charge in [0, 0.05) is 23.8 Å². The Morgan fingerprint density at radius 1 is 1.37 bits per heavy atom. The highest BCUT2D eigenvalue weighted by Gasteiger charge is 2.37. The molecule has 2 rings (SSSR count). The lowest BCUT2D eigenvalue weighted by Gasteiger charge is -2.45. The van der Waals surface area contributed by atoms with Gasteiger partial charge in [0.2, 0.25) is 0 Å². The first-order chi connectivity index (χ1) is 9.09. The van der Waals surface area contributed by atoms with Crippen LogP contribution in [0, 0.1) is 0 Å². The van der Waals surface area contributed by atoms with E-state index in [0.29, 0.717) is 0 Å². The van der Waals surface area contributed by atoms with Gasteiger partial charge in [0.25, 0.3) is 0 Å². The minimum Gasteiger partial charge on any atom is -0.296 e. The number of aromatic nitrogens is 2. The first-order valence-electron chi connectivity index (χ1n) is 7.33. The molecule has 1 unspecified atom stereocenters. The molecule has 5 heteroatoms. The maximum atomic E-state index is 5.83. The Balaban J connectivity index is 2.18. The number of piperidine rings is 1. The van der Waals surface area contributed by atoms with Crippen LogP contribution >= 0.6 is 0 Å². The van der Waals surface area contributed by atoms with Gasteiger partial charge >= 0.3 is 0 Å². The molecule has 0 aliphatic carbocycles. The maximum absolute atomic E-state index is 5.83. The first kappa shape index (κ1) is 14.5. The molecule has 0 saturated carbocycles. The van der Waals surface area contributed by atoms with E-state index >= 15 is 0 Å². The molecule has 0 radical (unpaired) electrons. The van der Waals surface area contributed by atoms with Crippen LogP contribution in [0.2, 0.25) is 0 Å². The number of nitrogens with zero attached hydrogens (tertiary/aromatic N) is 3. The molecule has 0 aromatic carbocycles. The molecule has 1 aliphatic rings. The predicted molar refractivity (Wildman–Crippen MR) is 77.5 cm³/mol. The molecule has 108 valence electrons. The topological polar surface area (TPSA) is 59.1 Å². The Morgan fingerprint density at radius 3 is 2.58 bits per heavy atom. The van der Waals surface area contributed by atoms with E-state index < -0.39 is 0 Å².